The second kappa shape index (κ2) is 8.16. The van der Waals surface area contributed by atoms with Crippen molar-refractivity contribution >= 4 is 46.3 Å². The Morgan fingerprint density at radius 1 is 1.26 bits per heavy atom. The molecule has 1 saturated heterocycles. The molecule has 1 aliphatic heterocycles. The van der Waals surface area contributed by atoms with Crippen LogP contribution in [-0.4, -0.2) is 24.9 Å². The van der Waals surface area contributed by atoms with Gasteiger partial charge in [-0.3, -0.25) is 9.59 Å². The summed E-state index contributed by atoms with van der Waals surface area (Å²) in [5.41, 5.74) is 1.08. The number of methoxy groups -OCH3 is 1. The van der Waals surface area contributed by atoms with Gasteiger partial charge < -0.3 is 9.47 Å². The van der Waals surface area contributed by atoms with E-state index in [0.717, 1.165) is 16.7 Å². The normalized spacial score (nSPS) is 15.1. The third-order valence-electron chi connectivity index (χ3n) is 3.64. The number of imide groups is 1. The number of thioether (sulfide) groups is 1. The van der Waals surface area contributed by atoms with Gasteiger partial charge in [0.1, 0.15) is 6.07 Å². The second-order valence-corrected chi connectivity index (χ2v) is 6.73. The first-order chi connectivity index (χ1) is 13.0. The van der Waals surface area contributed by atoms with Crippen LogP contribution in [0.15, 0.2) is 47.4 Å². The van der Waals surface area contributed by atoms with Crippen molar-refractivity contribution < 1.29 is 19.1 Å². The van der Waals surface area contributed by atoms with E-state index in [2.05, 4.69) is 0 Å². The number of amides is 2. The number of ether oxygens (including phenoxy) is 2. The van der Waals surface area contributed by atoms with Gasteiger partial charge in [0.25, 0.3) is 11.1 Å². The number of halogens is 1. The fourth-order valence-electron chi connectivity index (χ4n) is 2.49. The van der Waals surface area contributed by atoms with E-state index < -0.39 is 5.91 Å². The highest BCUT2D eigenvalue weighted by Crippen LogP contribution is 2.39. The second-order valence-electron chi connectivity index (χ2n) is 5.33. The number of hydrogen-bond acceptors (Lipinski definition) is 6. The minimum Gasteiger partial charge on any atom is -0.493 e. The highest BCUT2D eigenvalue weighted by atomic mass is 35.5. The third-order valence-corrected chi connectivity index (χ3v) is 4.79. The molecule has 2 aromatic carbocycles. The summed E-state index contributed by atoms with van der Waals surface area (Å²) in [4.78, 5) is 26.3. The molecule has 27 heavy (non-hydrogen) atoms. The quantitative estimate of drug-likeness (QED) is 0.688. The molecule has 2 amide bonds. The van der Waals surface area contributed by atoms with Gasteiger partial charge >= 0.3 is 0 Å². The molecule has 1 aliphatic rings. The van der Waals surface area contributed by atoms with Gasteiger partial charge in [0, 0.05) is 0 Å². The molecule has 6 nitrogen and oxygen atoms in total. The number of carbonyl (C=O) groups is 2. The maximum atomic E-state index is 12.7. The first-order valence-electron chi connectivity index (χ1n) is 7.75. The zero-order valence-electron chi connectivity index (χ0n) is 14.1. The molecule has 0 unspecified atom stereocenters. The Bertz CT molecular complexity index is 970. The van der Waals surface area contributed by atoms with Crippen molar-refractivity contribution in [2.75, 3.05) is 18.6 Å². The Hall–Kier alpha value is -2.95. The van der Waals surface area contributed by atoms with Gasteiger partial charge in [-0.15, -0.1) is 0 Å². The summed E-state index contributed by atoms with van der Waals surface area (Å²) in [6, 6.07) is 13.8. The summed E-state index contributed by atoms with van der Waals surface area (Å²) in [6.45, 7) is -0.175. The number of anilines is 1. The first-order valence-corrected chi connectivity index (χ1v) is 8.95. The van der Waals surface area contributed by atoms with Crippen molar-refractivity contribution in [2.45, 2.75) is 0 Å². The molecule has 2 aromatic rings. The predicted octanol–water partition coefficient (Wildman–Crippen LogP) is 4.49. The summed E-state index contributed by atoms with van der Waals surface area (Å²) in [7, 11) is 1.44. The Balaban J connectivity index is 1.93. The number of benzene rings is 2. The lowest BCUT2D eigenvalue weighted by Crippen LogP contribution is -2.27. The molecule has 8 heteroatoms. The van der Waals surface area contributed by atoms with Crippen molar-refractivity contribution in [1.82, 2.24) is 0 Å². The van der Waals surface area contributed by atoms with Crippen LogP contribution in [0.1, 0.15) is 5.56 Å². The smallest absolute Gasteiger partial charge is 0.298 e. The van der Waals surface area contributed by atoms with Crippen LogP contribution in [0.25, 0.3) is 6.08 Å². The topological polar surface area (TPSA) is 79.6 Å². The van der Waals surface area contributed by atoms with Crippen molar-refractivity contribution in [3.8, 4) is 17.6 Å². The fraction of sp³-hybridized carbons (Fsp3) is 0.105. The maximum absolute atomic E-state index is 12.7. The van der Waals surface area contributed by atoms with E-state index >= 15 is 0 Å². The molecule has 1 heterocycles. The Morgan fingerprint density at radius 2 is 2.00 bits per heavy atom. The molecule has 0 aromatic heterocycles. The summed E-state index contributed by atoms with van der Waals surface area (Å²) in [5.74, 6) is 0.164. The Kier molecular flexibility index (Phi) is 5.69. The largest absolute Gasteiger partial charge is 0.493 e. The lowest BCUT2D eigenvalue weighted by atomic mass is 10.1. The summed E-state index contributed by atoms with van der Waals surface area (Å²) in [6.07, 6.45) is 1.57. The Morgan fingerprint density at radius 3 is 2.67 bits per heavy atom. The maximum Gasteiger partial charge on any atom is 0.298 e. The van der Waals surface area contributed by atoms with Gasteiger partial charge in [-0.25, -0.2) is 4.90 Å². The molecular formula is C19H13ClN2O4S. The minimum atomic E-state index is -0.406. The summed E-state index contributed by atoms with van der Waals surface area (Å²) < 4.78 is 10.5. The Labute approximate surface area is 164 Å². The van der Waals surface area contributed by atoms with Crippen molar-refractivity contribution in [1.29, 1.82) is 5.26 Å². The fourth-order valence-corrected chi connectivity index (χ4v) is 3.60. The summed E-state index contributed by atoms with van der Waals surface area (Å²) >= 11 is 7.06. The van der Waals surface area contributed by atoms with Crippen LogP contribution >= 0.6 is 23.4 Å². The SMILES string of the molecule is COc1cc(/C=C2\SC(=O)N(c3ccccc3)C2=O)cc(Cl)c1OCC#N. The van der Waals surface area contributed by atoms with E-state index in [4.69, 9.17) is 26.3 Å². The van der Waals surface area contributed by atoms with Gasteiger partial charge in [0.15, 0.2) is 18.1 Å². The minimum absolute atomic E-state index is 0.175. The number of nitriles is 1. The van der Waals surface area contributed by atoms with Gasteiger partial charge in [-0.2, -0.15) is 5.26 Å². The first kappa shape index (κ1) is 18.8. The molecule has 0 radical (unpaired) electrons. The molecule has 0 bridgehead atoms. The molecule has 136 valence electrons. The number of hydrogen-bond donors (Lipinski definition) is 0. The van der Waals surface area contributed by atoms with E-state index in [1.54, 1.807) is 42.5 Å². The van der Waals surface area contributed by atoms with Crippen LogP contribution < -0.4 is 14.4 Å². The van der Waals surface area contributed by atoms with Gasteiger partial charge in [-0.1, -0.05) is 29.8 Å². The van der Waals surface area contributed by atoms with Crippen LogP contribution in [0.5, 0.6) is 11.5 Å². The molecule has 0 aliphatic carbocycles. The number of para-hydroxylation sites is 1. The highest BCUT2D eigenvalue weighted by molar-refractivity contribution is 8.19. The lowest BCUT2D eigenvalue weighted by Gasteiger charge is -2.12. The highest BCUT2D eigenvalue weighted by Gasteiger charge is 2.36. The van der Waals surface area contributed by atoms with E-state index in [-0.39, 0.29) is 27.5 Å². The summed E-state index contributed by atoms with van der Waals surface area (Å²) in [5, 5.41) is 8.52. The molecule has 3 rings (SSSR count). The average molecular weight is 401 g/mol. The third kappa shape index (κ3) is 3.92. The molecule has 1 fully saturated rings. The van der Waals surface area contributed by atoms with E-state index in [1.807, 2.05) is 12.1 Å². The zero-order valence-corrected chi connectivity index (χ0v) is 15.7. The number of carbonyl (C=O) groups excluding carboxylic acids is 2. The van der Waals surface area contributed by atoms with Gasteiger partial charge in [0.05, 0.1) is 22.7 Å². The van der Waals surface area contributed by atoms with Crippen LogP contribution in [0, 0.1) is 11.3 Å². The average Bonchev–Trinajstić information content (AvgIpc) is 2.94. The monoisotopic (exact) mass is 400 g/mol. The lowest BCUT2D eigenvalue weighted by molar-refractivity contribution is -0.113. The van der Waals surface area contributed by atoms with E-state index in [0.29, 0.717) is 17.0 Å². The molecule has 0 spiro atoms. The van der Waals surface area contributed by atoms with Gasteiger partial charge in [-0.05, 0) is 47.7 Å². The number of rotatable bonds is 5. The van der Waals surface area contributed by atoms with Crippen molar-refractivity contribution in [2.24, 2.45) is 0 Å². The standard InChI is InChI=1S/C19H13ClN2O4S/c1-25-15-10-12(9-14(20)17(15)26-8-7-21)11-16-18(23)22(19(24)27-16)13-5-3-2-4-6-13/h2-6,9-11H,8H2,1H3/b16-11-. The zero-order chi connectivity index (χ0) is 19.4. The molecular weight excluding hydrogens is 388 g/mol. The predicted molar refractivity (Wildman–Crippen MR) is 104 cm³/mol. The van der Waals surface area contributed by atoms with Crippen LogP contribution in [-0.2, 0) is 4.79 Å². The molecule has 0 N–H and O–H groups in total. The van der Waals surface area contributed by atoms with E-state index in [1.165, 1.54) is 7.11 Å². The van der Waals surface area contributed by atoms with Crippen LogP contribution in [0.2, 0.25) is 5.02 Å². The van der Waals surface area contributed by atoms with Crippen molar-refractivity contribution in [3.05, 3.63) is 58.0 Å². The van der Waals surface area contributed by atoms with Crippen LogP contribution in [0.4, 0.5) is 10.5 Å². The molecule has 0 atom stereocenters. The number of nitrogens with zero attached hydrogens (tertiary/aromatic N) is 2. The van der Waals surface area contributed by atoms with Gasteiger partial charge in [0.2, 0.25) is 0 Å². The molecule has 0 saturated carbocycles. The van der Waals surface area contributed by atoms with Crippen molar-refractivity contribution in [3.63, 3.8) is 0 Å². The van der Waals surface area contributed by atoms with Crippen LogP contribution in [0.3, 0.4) is 0 Å². The van der Waals surface area contributed by atoms with E-state index in [9.17, 15) is 9.59 Å².